The maximum atomic E-state index is 13.5. The van der Waals surface area contributed by atoms with Gasteiger partial charge in [-0.15, -0.1) is 0 Å². The zero-order valence-electron chi connectivity index (χ0n) is 18.3. The summed E-state index contributed by atoms with van der Waals surface area (Å²) in [5.41, 5.74) is 6.04. The van der Waals surface area contributed by atoms with Gasteiger partial charge in [-0.3, -0.25) is 14.6 Å². The largest absolute Gasteiger partial charge is 0.341 e. The molecule has 2 aromatic carbocycles. The molecule has 3 aromatic rings. The van der Waals surface area contributed by atoms with Gasteiger partial charge in [0.2, 0.25) is 11.8 Å². The third kappa shape index (κ3) is 4.03. The van der Waals surface area contributed by atoms with Gasteiger partial charge in [0.15, 0.2) is 0 Å². The monoisotopic (exact) mass is 425 g/mol. The molecule has 3 heterocycles. The highest BCUT2D eigenvalue weighted by molar-refractivity contribution is 6.01. The zero-order valence-corrected chi connectivity index (χ0v) is 18.3. The van der Waals surface area contributed by atoms with Gasteiger partial charge in [0, 0.05) is 42.5 Å². The first-order valence-electron chi connectivity index (χ1n) is 11.3. The van der Waals surface area contributed by atoms with Gasteiger partial charge in [0.25, 0.3) is 0 Å². The van der Waals surface area contributed by atoms with Gasteiger partial charge < -0.3 is 10.2 Å². The number of carbonyl (C=O) groups excluding carboxylic acids is 2. The summed E-state index contributed by atoms with van der Waals surface area (Å²) in [6.45, 7) is 3.40. The van der Waals surface area contributed by atoms with Crippen molar-refractivity contribution in [3.63, 3.8) is 0 Å². The molecule has 0 spiro atoms. The number of anilines is 1. The van der Waals surface area contributed by atoms with E-state index in [1.807, 2.05) is 54.3 Å². The smallest absolute Gasteiger partial charge is 0.230 e. The highest BCUT2D eigenvalue weighted by atomic mass is 16.2. The van der Waals surface area contributed by atoms with Crippen molar-refractivity contribution < 1.29 is 9.59 Å². The molecule has 0 unspecified atom stereocenters. The van der Waals surface area contributed by atoms with Crippen LogP contribution >= 0.6 is 0 Å². The number of nitrogens with one attached hydrogen (secondary N) is 1. The first-order valence-corrected chi connectivity index (χ1v) is 11.3. The van der Waals surface area contributed by atoms with Gasteiger partial charge in [0.1, 0.15) is 0 Å². The highest BCUT2D eigenvalue weighted by Gasteiger charge is 2.35. The van der Waals surface area contributed by atoms with Crippen molar-refractivity contribution in [2.45, 2.75) is 38.0 Å². The molecule has 0 saturated carbocycles. The summed E-state index contributed by atoms with van der Waals surface area (Å²) in [5, 5.41) is 2.89. The molecule has 2 atom stereocenters. The molecule has 1 aromatic heterocycles. The van der Waals surface area contributed by atoms with Gasteiger partial charge >= 0.3 is 0 Å². The molecular formula is C27H27N3O2. The molecule has 0 bridgehead atoms. The lowest BCUT2D eigenvalue weighted by molar-refractivity contribution is -0.136. The first-order chi connectivity index (χ1) is 15.6. The van der Waals surface area contributed by atoms with E-state index in [1.54, 1.807) is 0 Å². The van der Waals surface area contributed by atoms with Crippen LogP contribution in [-0.4, -0.2) is 34.8 Å². The van der Waals surface area contributed by atoms with E-state index in [9.17, 15) is 9.59 Å². The Morgan fingerprint density at radius 2 is 1.81 bits per heavy atom. The van der Waals surface area contributed by atoms with E-state index in [2.05, 4.69) is 29.6 Å². The van der Waals surface area contributed by atoms with E-state index in [4.69, 9.17) is 4.98 Å². The Morgan fingerprint density at radius 3 is 2.66 bits per heavy atom. The molecule has 1 N–H and O–H groups in total. The summed E-state index contributed by atoms with van der Waals surface area (Å²) in [6.07, 6.45) is 2.15. The van der Waals surface area contributed by atoms with Crippen molar-refractivity contribution in [2.75, 3.05) is 18.4 Å². The summed E-state index contributed by atoms with van der Waals surface area (Å²) in [5.74, 6) is -0.261. The number of carbonyl (C=O) groups is 2. The minimum absolute atomic E-state index is 0.0490. The van der Waals surface area contributed by atoms with Crippen LogP contribution in [0.4, 0.5) is 5.69 Å². The Kier molecular flexibility index (Phi) is 5.48. The van der Waals surface area contributed by atoms with Crippen LogP contribution in [0.1, 0.15) is 48.0 Å². The van der Waals surface area contributed by atoms with Crippen LogP contribution in [0.5, 0.6) is 0 Å². The standard InChI is InChI=1S/C27H27N3O2/c1-18-14-21(19-8-3-2-4-9-19)15-25(28-18)20-10-7-13-30(17-20)27(32)23-16-26(31)29-24-12-6-5-11-22(23)24/h2-6,8-9,11-12,14-15,20,23H,7,10,13,16-17H2,1H3,(H,29,31)/t20-,23-/m0/s1. The topological polar surface area (TPSA) is 62.3 Å². The predicted octanol–water partition coefficient (Wildman–Crippen LogP) is 4.89. The molecule has 2 aliphatic heterocycles. The molecule has 2 aliphatic rings. The van der Waals surface area contributed by atoms with Crippen LogP contribution in [0, 0.1) is 6.92 Å². The fraction of sp³-hybridized carbons (Fsp3) is 0.296. The zero-order chi connectivity index (χ0) is 22.1. The number of hydrogen-bond donors (Lipinski definition) is 1. The van der Waals surface area contributed by atoms with Gasteiger partial charge in [-0.1, -0.05) is 48.5 Å². The molecule has 32 heavy (non-hydrogen) atoms. The van der Waals surface area contributed by atoms with E-state index in [-0.39, 0.29) is 24.2 Å². The lowest BCUT2D eigenvalue weighted by Crippen LogP contribution is -2.43. The number of hydrogen-bond acceptors (Lipinski definition) is 3. The Hall–Kier alpha value is -3.47. The van der Waals surface area contributed by atoms with Crippen LogP contribution in [0.3, 0.4) is 0 Å². The number of fused-ring (bicyclic) bond motifs is 1. The summed E-state index contributed by atoms with van der Waals surface area (Å²) in [7, 11) is 0. The number of aromatic nitrogens is 1. The first kappa shape index (κ1) is 20.4. The lowest BCUT2D eigenvalue weighted by Gasteiger charge is -2.36. The van der Waals surface area contributed by atoms with Crippen molar-refractivity contribution in [1.82, 2.24) is 9.88 Å². The molecule has 1 saturated heterocycles. The maximum absolute atomic E-state index is 13.5. The van der Waals surface area contributed by atoms with E-state index in [0.29, 0.717) is 6.54 Å². The number of pyridine rings is 1. The summed E-state index contributed by atoms with van der Waals surface area (Å²) in [4.78, 5) is 32.5. The second-order valence-electron chi connectivity index (χ2n) is 8.80. The van der Waals surface area contributed by atoms with Crippen molar-refractivity contribution in [3.05, 3.63) is 83.7 Å². The SMILES string of the molecule is Cc1cc(-c2ccccc2)cc([C@H]2CCCN(C(=O)[C@H]3CC(=O)Nc4ccccc43)C2)n1. The lowest BCUT2D eigenvalue weighted by atomic mass is 9.87. The molecule has 0 radical (unpaired) electrons. The van der Waals surface area contributed by atoms with Crippen molar-refractivity contribution in [1.29, 1.82) is 0 Å². The third-order valence-corrected chi connectivity index (χ3v) is 6.53. The number of amides is 2. The quantitative estimate of drug-likeness (QED) is 0.650. The van der Waals surface area contributed by atoms with Crippen molar-refractivity contribution in [2.24, 2.45) is 0 Å². The Labute approximate surface area is 188 Å². The highest BCUT2D eigenvalue weighted by Crippen LogP contribution is 2.36. The fourth-order valence-electron chi connectivity index (χ4n) is 4.97. The average Bonchev–Trinajstić information content (AvgIpc) is 2.83. The van der Waals surface area contributed by atoms with E-state index in [0.717, 1.165) is 47.6 Å². The molecule has 5 rings (SSSR count). The second-order valence-corrected chi connectivity index (χ2v) is 8.80. The minimum atomic E-state index is -0.413. The van der Waals surface area contributed by atoms with Crippen LogP contribution in [0.15, 0.2) is 66.7 Å². The van der Waals surface area contributed by atoms with Gasteiger partial charge in [0.05, 0.1) is 5.92 Å². The second kappa shape index (κ2) is 8.58. The maximum Gasteiger partial charge on any atom is 0.230 e. The summed E-state index contributed by atoms with van der Waals surface area (Å²) < 4.78 is 0. The Bertz CT molecular complexity index is 1160. The van der Waals surface area contributed by atoms with Crippen LogP contribution < -0.4 is 5.32 Å². The number of aryl methyl sites for hydroxylation is 1. The van der Waals surface area contributed by atoms with Gasteiger partial charge in [-0.05, 0) is 54.7 Å². The average molecular weight is 426 g/mol. The van der Waals surface area contributed by atoms with Gasteiger partial charge in [-0.25, -0.2) is 0 Å². The van der Waals surface area contributed by atoms with Crippen LogP contribution in [-0.2, 0) is 9.59 Å². The van der Waals surface area contributed by atoms with E-state index >= 15 is 0 Å². The fourth-order valence-corrected chi connectivity index (χ4v) is 4.97. The number of likely N-dealkylation sites (tertiary alicyclic amines) is 1. The van der Waals surface area contributed by atoms with E-state index in [1.165, 1.54) is 5.56 Å². The third-order valence-electron chi connectivity index (χ3n) is 6.53. The molecule has 5 heteroatoms. The normalized spacial score (nSPS) is 20.4. The number of benzene rings is 2. The molecule has 0 aliphatic carbocycles. The molecular weight excluding hydrogens is 398 g/mol. The molecule has 5 nitrogen and oxygen atoms in total. The number of rotatable bonds is 3. The van der Waals surface area contributed by atoms with Crippen LogP contribution in [0.25, 0.3) is 11.1 Å². The van der Waals surface area contributed by atoms with Crippen molar-refractivity contribution >= 4 is 17.5 Å². The predicted molar refractivity (Wildman–Crippen MR) is 125 cm³/mol. The molecule has 162 valence electrons. The van der Waals surface area contributed by atoms with Gasteiger partial charge in [-0.2, -0.15) is 0 Å². The summed E-state index contributed by atoms with van der Waals surface area (Å²) >= 11 is 0. The number of para-hydroxylation sites is 1. The summed E-state index contributed by atoms with van der Waals surface area (Å²) in [6, 6.07) is 22.3. The Balaban J connectivity index is 1.39. The molecule has 1 fully saturated rings. The van der Waals surface area contributed by atoms with Crippen molar-refractivity contribution in [3.8, 4) is 11.1 Å². The minimum Gasteiger partial charge on any atom is -0.341 e. The van der Waals surface area contributed by atoms with Crippen LogP contribution in [0.2, 0.25) is 0 Å². The number of nitrogens with zero attached hydrogens (tertiary/aromatic N) is 2. The number of piperidine rings is 1. The Morgan fingerprint density at radius 1 is 1.03 bits per heavy atom. The molecule has 2 amide bonds. The van der Waals surface area contributed by atoms with E-state index < -0.39 is 5.92 Å².